The van der Waals surface area contributed by atoms with E-state index in [9.17, 15) is 0 Å². The maximum Gasteiger partial charge on any atom is -0.00465 e. The fourth-order valence-corrected chi connectivity index (χ4v) is 4.45. The lowest BCUT2D eigenvalue weighted by Gasteiger charge is -2.10. The smallest absolute Gasteiger partial charge is 0.00465 e. The van der Waals surface area contributed by atoms with Crippen molar-refractivity contribution in [1.82, 2.24) is 0 Å². The number of benzene rings is 3. The van der Waals surface area contributed by atoms with Crippen molar-refractivity contribution in [3.05, 3.63) is 95.1 Å². The molecule has 3 aromatic carbocycles. The van der Waals surface area contributed by atoms with Crippen molar-refractivity contribution < 1.29 is 0 Å². The Hall–Kier alpha value is -2.34. The normalized spacial score (nSPS) is 21.3. The summed E-state index contributed by atoms with van der Waals surface area (Å²) >= 11 is 0. The van der Waals surface area contributed by atoms with Crippen LogP contribution in [0.4, 0.5) is 0 Å². The number of hydrogen-bond donors (Lipinski definition) is 0. The molecule has 2 atom stereocenters. The van der Waals surface area contributed by atoms with Gasteiger partial charge in [-0.3, -0.25) is 0 Å². The fourth-order valence-electron chi connectivity index (χ4n) is 4.45. The van der Waals surface area contributed by atoms with Gasteiger partial charge in [0, 0.05) is 0 Å². The first-order valence-electron chi connectivity index (χ1n) is 8.16. The van der Waals surface area contributed by atoms with Gasteiger partial charge in [-0.05, 0) is 58.1 Å². The van der Waals surface area contributed by atoms with E-state index >= 15 is 0 Å². The Morgan fingerprint density at radius 3 is 2.09 bits per heavy atom. The van der Waals surface area contributed by atoms with Crippen LogP contribution in [0.15, 0.2) is 72.8 Å². The van der Waals surface area contributed by atoms with E-state index in [0.717, 1.165) is 0 Å². The highest BCUT2D eigenvalue weighted by atomic mass is 14.4. The molecule has 0 heterocycles. The lowest BCUT2D eigenvalue weighted by molar-refractivity contribution is 0.633. The Kier molecular flexibility index (Phi) is 2.54. The maximum absolute atomic E-state index is 2.42. The van der Waals surface area contributed by atoms with E-state index in [1.165, 1.54) is 24.0 Å². The van der Waals surface area contributed by atoms with Crippen LogP contribution in [0.1, 0.15) is 34.1 Å². The van der Waals surface area contributed by atoms with Gasteiger partial charge in [0.05, 0.1) is 0 Å². The molecule has 0 nitrogen and oxygen atoms in total. The summed E-state index contributed by atoms with van der Waals surface area (Å²) in [5, 5.41) is 0. The summed E-state index contributed by atoms with van der Waals surface area (Å²) in [4.78, 5) is 0. The molecule has 0 aliphatic heterocycles. The van der Waals surface area contributed by atoms with Gasteiger partial charge in [-0.1, -0.05) is 72.8 Å². The SMILES string of the molecule is c1ccc(-c2ccc3c(c2)CC2c4ccccc4CC32)cc1. The molecule has 0 heteroatoms. The van der Waals surface area contributed by atoms with Crippen LogP contribution < -0.4 is 0 Å². The Morgan fingerprint density at radius 2 is 1.23 bits per heavy atom. The van der Waals surface area contributed by atoms with E-state index in [1.807, 2.05) is 0 Å². The van der Waals surface area contributed by atoms with Gasteiger partial charge < -0.3 is 0 Å². The predicted molar refractivity (Wildman–Crippen MR) is 91.2 cm³/mol. The van der Waals surface area contributed by atoms with Gasteiger partial charge in [-0.25, -0.2) is 0 Å². The Morgan fingerprint density at radius 1 is 0.545 bits per heavy atom. The van der Waals surface area contributed by atoms with E-state index in [1.54, 1.807) is 22.3 Å². The summed E-state index contributed by atoms with van der Waals surface area (Å²) in [6, 6.07) is 26.9. The lowest BCUT2D eigenvalue weighted by atomic mass is 9.93. The van der Waals surface area contributed by atoms with Crippen LogP contribution in [0.5, 0.6) is 0 Å². The molecule has 0 spiro atoms. The topological polar surface area (TPSA) is 0 Å². The molecule has 0 radical (unpaired) electrons. The highest BCUT2D eigenvalue weighted by Gasteiger charge is 2.39. The van der Waals surface area contributed by atoms with Gasteiger partial charge in [-0.2, -0.15) is 0 Å². The molecule has 106 valence electrons. The first-order valence-corrected chi connectivity index (χ1v) is 8.16. The molecule has 0 saturated carbocycles. The largest absolute Gasteiger partial charge is 0.0622 e. The minimum Gasteiger partial charge on any atom is -0.0622 e. The first kappa shape index (κ1) is 12.2. The van der Waals surface area contributed by atoms with Crippen LogP contribution in [0.2, 0.25) is 0 Å². The van der Waals surface area contributed by atoms with Crippen molar-refractivity contribution in [2.24, 2.45) is 0 Å². The molecule has 0 aromatic heterocycles. The second-order valence-corrected chi connectivity index (χ2v) is 6.60. The van der Waals surface area contributed by atoms with Crippen LogP contribution in [-0.4, -0.2) is 0 Å². The van der Waals surface area contributed by atoms with Crippen molar-refractivity contribution in [1.29, 1.82) is 0 Å². The van der Waals surface area contributed by atoms with E-state index in [-0.39, 0.29) is 0 Å². The van der Waals surface area contributed by atoms with Crippen LogP contribution >= 0.6 is 0 Å². The molecule has 22 heavy (non-hydrogen) atoms. The fraction of sp³-hybridized carbons (Fsp3) is 0.182. The monoisotopic (exact) mass is 282 g/mol. The molecule has 0 N–H and O–H groups in total. The average molecular weight is 282 g/mol. The van der Waals surface area contributed by atoms with E-state index < -0.39 is 0 Å². The highest BCUT2D eigenvalue weighted by molar-refractivity contribution is 5.66. The zero-order chi connectivity index (χ0) is 14.5. The van der Waals surface area contributed by atoms with E-state index in [0.29, 0.717) is 11.8 Å². The van der Waals surface area contributed by atoms with Gasteiger partial charge in [0.2, 0.25) is 0 Å². The first-order chi connectivity index (χ1) is 10.9. The average Bonchev–Trinajstić information content (AvgIpc) is 3.11. The van der Waals surface area contributed by atoms with Crippen molar-refractivity contribution in [2.75, 3.05) is 0 Å². The Labute approximate surface area is 131 Å². The molecule has 0 bridgehead atoms. The van der Waals surface area contributed by atoms with Crippen LogP contribution in [0.25, 0.3) is 11.1 Å². The lowest BCUT2D eigenvalue weighted by Crippen LogP contribution is -1.98. The van der Waals surface area contributed by atoms with E-state index in [2.05, 4.69) is 72.8 Å². The molecule has 2 unspecified atom stereocenters. The maximum atomic E-state index is 2.42. The third kappa shape index (κ3) is 1.70. The molecule has 2 aliphatic rings. The van der Waals surface area contributed by atoms with Crippen molar-refractivity contribution >= 4 is 0 Å². The molecular weight excluding hydrogens is 264 g/mol. The second-order valence-electron chi connectivity index (χ2n) is 6.60. The molecule has 3 aromatic rings. The summed E-state index contributed by atoms with van der Waals surface area (Å²) in [7, 11) is 0. The summed E-state index contributed by atoms with van der Waals surface area (Å²) < 4.78 is 0. The molecule has 0 saturated heterocycles. The van der Waals surface area contributed by atoms with Gasteiger partial charge in [-0.15, -0.1) is 0 Å². The van der Waals surface area contributed by atoms with Crippen LogP contribution in [0, 0.1) is 0 Å². The van der Waals surface area contributed by atoms with Crippen molar-refractivity contribution in [3.63, 3.8) is 0 Å². The molecule has 5 rings (SSSR count). The summed E-state index contributed by atoms with van der Waals surface area (Å²) in [5.41, 5.74) is 8.97. The predicted octanol–water partition coefficient (Wildman–Crippen LogP) is 5.33. The second kappa shape index (κ2) is 4.58. The van der Waals surface area contributed by atoms with Crippen molar-refractivity contribution in [2.45, 2.75) is 24.7 Å². The third-order valence-electron chi connectivity index (χ3n) is 5.47. The Bertz CT molecular complexity index is 845. The zero-order valence-electron chi connectivity index (χ0n) is 12.5. The standard InChI is InChI=1S/C22H18/c1-2-6-15(7-3-1)16-10-11-20-18(12-16)14-22-19-9-5-4-8-17(19)13-21(20)22/h1-12,21-22H,13-14H2. The number of fused-ring (bicyclic) bond motifs is 5. The third-order valence-corrected chi connectivity index (χ3v) is 5.47. The summed E-state index contributed by atoms with van der Waals surface area (Å²) in [5.74, 6) is 1.41. The van der Waals surface area contributed by atoms with Gasteiger partial charge >= 0.3 is 0 Å². The summed E-state index contributed by atoms with van der Waals surface area (Å²) in [6.07, 6.45) is 2.43. The molecule has 0 fully saturated rings. The number of hydrogen-bond acceptors (Lipinski definition) is 0. The van der Waals surface area contributed by atoms with Gasteiger partial charge in [0.15, 0.2) is 0 Å². The van der Waals surface area contributed by atoms with Crippen LogP contribution in [0.3, 0.4) is 0 Å². The number of rotatable bonds is 1. The molecular formula is C22H18. The zero-order valence-corrected chi connectivity index (χ0v) is 12.5. The molecule has 0 amide bonds. The summed E-state index contributed by atoms with van der Waals surface area (Å²) in [6.45, 7) is 0. The van der Waals surface area contributed by atoms with E-state index in [4.69, 9.17) is 0 Å². The quantitative estimate of drug-likeness (QED) is 0.565. The Balaban J connectivity index is 1.56. The highest BCUT2D eigenvalue weighted by Crippen LogP contribution is 2.52. The van der Waals surface area contributed by atoms with Gasteiger partial charge in [0.25, 0.3) is 0 Å². The molecule has 2 aliphatic carbocycles. The van der Waals surface area contributed by atoms with Crippen molar-refractivity contribution in [3.8, 4) is 11.1 Å². The van der Waals surface area contributed by atoms with Gasteiger partial charge in [0.1, 0.15) is 0 Å². The minimum absolute atomic E-state index is 0.706. The van der Waals surface area contributed by atoms with Crippen LogP contribution in [-0.2, 0) is 12.8 Å². The minimum atomic E-state index is 0.706.